The Morgan fingerprint density at radius 3 is 2.68 bits per heavy atom. The lowest BCUT2D eigenvalue weighted by molar-refractivity contribution is 0.0681. The standard InChI is InChI=1S/C15H20F2N2O3/c1-21-12-5-3-11(4-6-12)18-15-10(8-20)2-7-14(19-15)22-9-13(16)17/h2,7-8,11-13H,3-6,9H2,1H3,(H,18,19). The predicted molar refractivity (Wildman–Crippen MR) is 77.8 cm³/mol. The van der Waals surface area contributed by atoms with Crippen LogP contribution in [0.1, 0.15) is 36.0 Å². The molecule has 0 saturated heterocycles. The van der Waals surface area contributed by atoms with Crippen LogP contribution in [0, 0.1) is 0 Å². The largest absolute Gasteiger partial charge is 0.472 e. The van der Waals surface area contributed by atoms with Crippen LogP contribution in [0.5, 0.6) is 5.88 Å². The van der Waals surface area contributed by atoms with Gasteiger partial charge in [-0.25, -0.2) is 8.78 Å². The number of carbonyl (C=O) groups is 1. The maximum atomic E-state index is 12.2. The number of anilines is 1. The topological polar surface area (TPSA) is 60.4 Å². The molecule has 0 spiro atoms. The normalized spacial score (nSPS) is 21.6. The number of methoxy groups -OCH3 is 1. The number of alkyl halides is 2. The van der Waals surface area contributed by atoms with Gasteiger partial charge in [-0.1, -0.05) is 0 Å². The van der Waals surface area contributed by atoms with Crippen molar-refractivity contribution in [3.8, 4) is 5.88 Å². The molecule has 1 aliphatic carbocycles. The summed E-state index contributed by atoms with van der Waals surface area (Å²) in [5.41, 5.74) is 0.387. The minimum absolute atomic E-state index is 0.0824. The first-order valence-electron chi connectivity index (χ1n) is 7.29. The number of rotatable bonds is 7. The highest BCUT2D eigenvalue weighted by atomic mass is 19.3. The molecule has 0 aromatic carbocycles. The van der Waals surface area contributed by atoms with Crippen molar-refractivity contribution < 1.29 is 23.0 Å². The molecular formula is C15H20F2N2O3. The molecule has 7 heteroatoms. The molecule has 22 heavy (non-hydrogen) atoms. The lowest BCUT2D eigenvalue weighted by Gasteiger charge is -2.28. The van der Waals surface area contributed by atoms with Crippen LogP contribution in [0.3, 0.4) is 0 Å². The fraction of sp³-hybridized carbons (Fsp3) is 0.600. The van der Waals surface area contributed by atoms with Crippen LogP contribution in [0.2, 0.25) is 0 Å². The number of aromatic nitrogens is 1. The third-order valence-electron chi connectivity index (χ3n) is 3.73. The van der Waals surface area contributed by atoms with Crippen LogP contribution in [0.4, 0.5) is 14.6 Å². The number of halogens is 2. The number of hydrogen-bond donors (Lipinski definition) is 1. The Kier molecular flexibility index (Phi) is 6.06. The Morgan fingerprint density at radius 2 is 2.09 bits per heavy atom. The van der Waals surface area contributed by atoms with Crippen LogP contribution in [-0.2, 0) is 4.74 Å². The second kappa shape index (κ2) is 8.03. The molecule has 0 bridgehead atoms. The van der Waals surface area contributed by atoms with E-state index in [2.05, 4.69) is 10.3 Å². The number of carbonyl (C=O) groups excluding carboxylic acids is 1. The van der Waals surface area contributed by atoms with Gasteiger partial charge in [-0.15, -0.1) is 0 Å². The zero-order valence-corrected chi connectivity index (χ0v) is 12.4. The number of aldehydes is 1. The van der Waals surface area contributed by atoms with Crippen molar-refractivity contribution in [2.24, 2.45) is 0 Å². The fourth-order valence-electron chi connectivity index (χ4n) is 2.53. The van der Waals surface area contributed by atoms with E-state index in [0.717, 1.165) is 25.7 Å². The van der Waals surface area contributed by atoms with Crippen LogP contribution >= 0.6 is 0 Å². The number of ether oxygens (including phenoxy) is 2. The molecule has 0 amide bonds. The lowest BCUT2D eigenvalue weighted by Crippen LogP contribution is -2.30. The van der Waals surface area contributed by atoms with E-state index in [1.165, 1.54) is 12.1 Å². The van der Waals surface area contributed by atoms with Crippen molar-refractivity contribution in [3.63, 3.8) is 0 Å². The summed E-state index contributed by atoms with van der Waals surface area (Å²) >= 11 is 0. The summed E-state index contributed by atoms with van der Waals surface area (Å²) in [4.78, 5) is 15.2. The van der Waals surface area contributed by atoms with Gasteiger partial charge < -0.3 is 14.8 Å². The zero-order valence-electron chi connectivity index (χ0n) is 12.4. The maximum absolute atomic E-state index is 12.2. The van der Waals surface area contributed by atoms with E-state index in [4.69, 9.17) is 9.47 Å². The van der Waals surface area contributed by atoms with Crippen molar-refractivity contribution in [1.82, 2.24) is 4.98 Å². The SMILES string of the molecule is COC1CCC(Nc2nc(OCC(F)F)ccc2C=O)CC1. The average molecular weight is 314 g/mol. The highest BCUT2D eigenvalue weighted by Gasteiger charge is 2.22. The van der Waals surface area contributed by atoms with Gasteiger partial charge in [-0.05, 0) is 31.7 Å². The molecule has 1 aromatic heterocycles. The third-order valence-corrected chi connectivity index (χ3v) is 3.73. The number of nitrogens with zero attached hydrogens (tertiary/aromatic N) is 1. The zero-order chi connectivity index (χ0) is 15.9. The van der Waals surface area contributed by atoms with E-state index >= 15 is 0 Å². The Balaban J connectivity index is 2.01. The van der Waals surface area contributed by atoms with Crippen molar-refractivity contribution in [3.05, 3.63) is 17.7 Å². The molecule has 0 atom stereocenters. The van der Waals surface area contributed by atoms with Crippen LogP contribution in [-0.4, -0.2) is 43.6 Å². The Bertz CT molecular complexity index is 492. The van der Waals surface area contributed by atoms with Gasteiger partial charge in [-0.3, -0.25) is 4.79 Å². The van der Waals surface area contributed by atoms with Crippen LogP contribution in [0.25, 0.3) is 0 Å². The molecule has 0 radical (unpaired) electrons. The first-order chi connectivity index (χ1) is 10.6. The van der Waals surface area contributed by atoms with E-state index in [9.17, 15) is 13.6 Å². The summed E-state index contributed by atoms with van der Waals surface area (Å²) in [5, 5.41) is 3.21. The Labute approximate surface area is 128 Å². The highest BCUT2D eigenvalue weighted by molar-refractivity contribution is 5.82. The minimum Gasteiger partial charge on any atom is -0.472 e. The molecule has 1 saturated carbocycles. The van der Waals surface area contributed by atoms with Gasteiger partial charge in [0.1, 0.15) is 5.82 Å². The van der Waals surface area contributed by atoms with E-state index < -0.39 is 13.0 Å². The van der Waals surface area contributed by atoms with Crippen molar-refractivity contribution >= 4 is 12.1 Å². The molecule has 1 aromatic rings. The first-order valence-corrected chi connectivity index (χ1v) is 7.29. The number of nitrogens with one attached hydrogen (secondary N) is 1. The first kappa shape index (κ1) is 16.6. The van der Waals surface area contributed by atoms with E-state index in [-0.39, 0.29) is 18.0 Å². The van der Waals surface area contributed by atoms with Crippen LogP contribution in [0.15, 0.2) is 12.1 Å². The minimum atomic E-state index is -2.56. The molecule has 0 unspecified atom stereocenters. The molecule has 122 valence electrons. The monoisotopic (exact) mass is 314 g/mol. The Hall–Kier alpha value is -1.76. The van der Waals surface area contributed by atoms with Gasteiger partial charge >= 0.3 is 0 Å². The second-order valence-corrected chi connectivity index (χ2v) is 5.26. The van der Waals surface area contributed by atoms with E-state index in [0.29, 0.717) is 17.7 Å². The average Bonchev–Trinajstić information content (AvgIpc) is 2.54. The number of hydrogen-bond acceptors (Lipinski definition) is 5. The van der Waals surface area contributed by atoms with Gasteiger partial charge in [-0.2, -0.15) is 4.98 Å². The fourth-order valence-corrected chi connectivity index (χ4v) is 2.53. The van der Waals surface area contributed by atoms with Gasteiger partial charge in [0.25, 0.3) is 6.43 Å². The third kappa shape index (κ3) is 4.62. The summed E-state index contributed by atoms with van der Waals surface area (Å²) in [7, 11) is 1.70. The molecule has 0 aliphatic heterocycles. The van der Waals surface area contributed by atoms with Crippen molar-refractivity contribution in [2.45, 2.75) is 44.3 Å². The van der Waals surface area contributed by atoms with Crippen molar-refractivity contribution in [2.75, 3.05) is 19.0 Å². The Morgan fingerprint density at radius 1 is 1.36 bits per heavy atom. The van der Waals surface area contributed by atoms with E-state index in [1.54, 1.807) is 7.11 Å². The summed E-state index contributed by atoms with van der Waals surface area (Å²) in [5.74, 6) is 0.460. The van der Waals surface area contributed by atoms with E-state index in [1.807, 2.05) is 0 Å². The molecule has 1 aliphatic rings. The van der Waals surface area contributed by atoms with Crippen LogP contribution < -0.4 is 10.1 Å². The van der Waals surface area contributed by atoms with Gasteiger partial charge in [0, 0.05) is 19.2 Å². The summed E-state index contributed by atoms with van der Waals surface area (Å²) in [6.45, 7) is -0.716. The summed E-state index contributed by atoms with van der Waals surface area (Å²) < 4.78 is 34.6. The second-order valence-electron chi connectivity index (χ2n) is 5.26. The molecule has 1 heterocycles. The smallest absolute Gasteiger partial charge is 0.272 e. The molecule has 1 N–H and O–H groups in total. The molecule has 1 fully saturated rings. The molecule has 2 rings (SSSR count). The van der Waals surface area contributed by atoms with Gasteiger partial charge in [0.2, 0.25) is 5.88 Å². The van der Waals surface area contributed by atoms with Gasteiger partial charge in [0.05, 0.1) is 11.7 Å². The van der Waals surface area contributed by atoms with Gasteiger partial charge in [0.15, 0.2) is 12.9 Å². The van der Waals surface area contributed by atoms with Crippen molar-refractivity contribution in [1.29, 1.82) is 0 Å². The quantitative estimate of drug-likeness (QED) is 0.784. The lowest BCUT2D eigenvalue weighted by atomic mass is 9.93. The number of pyridine rings is 1. The summed E-state index contributed by atoms with van der Waals surface area (Å²) in [6, 6.07) is 3.12. The maximum Gasteiger partial charge on any atom is 0.272 e. The molecule has 5 nitrogen and oxygen atoms in total. The predicted octanol–water partition coefficient (Wildman–Crippen LogP) is 2.91. The summed E-state index contributed by atoms with van der Waals surface area (Å²) in [6.07, 6.45) is 2.08. The highest BCUT2D eigenvalue weighted by Crippen LogP contribution is 2.25. The molecular weight excluding hydrogens is 294 g/mol.